The summed E-state index contributed by atoms with van der Waals surface area (Å²) in [4.78, 5) is 10.6. The molecule has 0 fully saturated rings. The molecule has 0 radical (unpaired) electrons. The Bertz CT molecular complexity index is 155. The van der Waals surface area contributed by atoms with Crippen LogP contribution in [0.4, 0.5) is 0 Å². The third-order valence-electron chi connectivity index (χ3n) is 1.80. The molecule has 3 nitrogen and oxygen atoms in total. The van der Waals surface area contributed by atoms with E-state index in [2.05, 4.69) is 6.58 Å². The lowest BCUT2D eigenvalue weighted by Crippen LogP contribution is -2.01. The molecule has 0 aliphatic rings. The first-order chi connectivity index (χ1) is 6.81. The quantitative estimate of drug-likeness (QED) is 0.325. The Kier molecular flexibility index (Phi) is 9.64. The Morgan fingerprint density at radius 1 is 1.21 bits per heavy atom. The molecule has 0 rings (SSSR count). The fourth-order valence-electron chi connectivity index (χ4n) is 1.04. The van der Waals surface area contributed by atoms with Crippen LogP contribution >= 0.6 is 0 Å². The predicted molar refractivity (Wildman–Crippen MR) is 56.1 cm³/mol. The van der Waals surface area contributed by atoms with Gasteiger partial charge in [-0.25, -0.2) is 4.79 Å². The molecule has 0 aromatic rings. The molecule has 0 aromatic carbocycles. The number of hydrogen-bond donors (Lipinski definition) is 0. The van der Waals surface area contributed by atoms with Crippen LogP contribution in [0.3, 0.4) is 0 Å². The standard InChI is InChI=1S/C11H20O3/c1-3-11(12)14-10-8-6-5-7-9-13-4-2/h3H,1,4-10H2,2H3. The van der Waals surface area contributed by atoms with Crippen LogP contribution in [-0.2, 0) is 14.3 Å². The highest BCUT2D eigenvalue weighted by molar-refractivity contribution is 5.81. The number of ether oxygens (including phenoxy) is 2. The van der Waals surface area contributed by atoms with E-state index in [0.717, 1.165) is 38.9 Å². The van der Waals surface area contributed by atoms with Crippen LogP contribution in [-0.4, -0.2) is 25.8 Å². The van der Waals surface area contributed by atoms with Crippen molar-refractivity contribution in [1.29, 1.82) is 0 Å². The van der Waals surface area contributed by atoms with Crippen LogP contribution in [0.15, 0.2) is 12.7 Å². The first kappa shape index (κ1) is 13.2. The maximum absolute atomic E-state index is 10.6. The van der Waals surface area contributed by atoms with Crippen LogP contribution in [0.1, 0.15) is 32.6 Å². The second kappa shape index (κ2) is 10.3. The summed E-state index contributed by atoms with van der Waals surface area (Å²) in [6.07, 6.45) is 5.41. The van der Waals surface area contributed by atoms with Gasteiger partial charge in [0.15, 0.2) is 0 Å². The van der Waals surface area contributed by atoms with Gasteiger partial charge in [0, 0.05) is 19.3 Å². The van der Waals surface area contributed by atoms with Crippen molar-refractivity contribution >= 4 is 5.97 Å². The van der Waals surface area contributed by atoms with Gasteiger partial charge in [0.05, 0.1) is 6.61 Å². The molecule has 0 heterocycles. The number of hydrogen-bond acceptors (Lipinski definition) is 3. The minimum atomic E-state index is -0.334. The number of esters is 1. The summed E-state index contributed by atoms with van der Waals surface area (Å²) >= 11 is 0. The topological polar surface area (TPSA) is 35.5 Å². The van der Waals surface area contributed by atoms with Gasteiger partial charge >= 0.3 is 5.97 Å². The van der Waals surface area contributed by atoms with Crippen molar-refractivity contribution < 1.29 is 14.3 Å². The molecular weight excluding hydrogens is 180 g/mol. The van der Waals surface area contributed by atoms with Crippen molar-refractivity contribution in [1.82, 2.24) is 0 Å². The van der Waals surface area contributed by atoms with E-state index in [1.54, 1.807) is 0 Å². The lowest BCUT2D eigenvalue weighted by Gasteiger charge is -2.02. The molecule has 0 unspecified atom stereocenters. The van der Waals surface area contributed by atoms with E-state index in [1.807, 2.05) is 6.92 Å². The zero-order valence-corrected chi connectivity index (χ0v) is 8.96. The second-order valence-corrected chi connectivity index (χ2v) is 2.98. The van der Waals surface area contributed by atoms with Gasteiger partial charge in [0.2, 0.25) is 0 Å². The average molecular weight is 200 g/mol. The molecule has 0 bridgehead atoms. The Balaban J connectivity index is 2.99. The van der Waals surface area contributed by atoms with Crippen molar-refractivity contribution in [3.05, 3.63) is 12.7 Å². The monoisotopic (exact) mass is 200 g/mol. The van der Waals surface area contributed by atoms with Crippen LogP contribution in [0.5, 0.6) is 0 Å². The van der Waals surface area contributed by atoms with Gasteiger partial charge < -0.3 is 9.47 Å². The minimum Gasteiger partial charge on any atom is -0.463 e. The molecule has 0 amide bonds. The zero-order chi connectivity index (χ0) is 10.6. The maximum atomic E-state index is 10.6. The maximum Gasteiger partial charge on any atom is 0.330 e. The number of unbranched alkanes of at least 4 members (excludes halogenated alkanes) is 3. The molecule has 14 heavy (non-hydrogen) atoms. The van der Waals surface area contributed by atoms with Crippen molar-refractivity contribution in [2.45, 2.75) is 32.6 Å². The van der Waals surface area contributed by atoms with Crippen molar-refractivity contribution in [3.8, 4) is 0 Å². The van der Waals surface area contributed by atoms with Gasteiger partial charge in [-0.15, -0.1) is 0 Å². The predicted octanol–water partition coefficient (Wildman–Crippen LogP) is 2.31. The number of rotatable bonds is 9. The summed E-state index contributed by atoms with van der Waals surface area (Å²) < 4.78 is 10.0. The minimum absolute atomic E-state index is 0.334. The first-order valence-corrected chi connectivity index (χ1v) is 5.18. The molecule has 0 N–H and O–H groups in total. The average Bonchev–Trinajstić information content (AvgIpc) is 2.21. The summed E-state index contributed by atoms with van der Waals surface area (Å²) in [6, 6.07) is 0. The van der Waals surface area contributed by atoms with Gasteiger partial charge in [-0.2, -0.15) is 0 Å². The molecule has 3 heteroatoms. The number of carbonyl (C=O) groups excluding carboxylic acids is 1. The van der Waals surface area contributed by atoms with Crippen LogP contribution in [0.2, 0.25) is 0 Å². The lowest BCUT2D eigenvalue weighted by atomic mass is 10.2. The molecule has 0 atom stereocenters. The normalized spacial score (nSPS) is 9.79. The second-order valence-electron chi connectivity index (χ2n) is 2.98. The summed E-state index contributed by atoms with van der Waals surface area (Å²) in [7, 11) is 0. The van der Waals surface area contributed by atoms with Gasteiger partial charge in [-0.1, -0.05) is 13.0 Å². The Hall–Kier alpha value is -0.830. The molecule has 0 aliphatic heterocycles. The van der Waals surface area contributed by atoms with Crippen LogP contribution in [0.25, 0.3) is 0 Å². The fraction of sp³-hybridized carbons (Fsp3) is 0.727. The summed E-state index contributed by atoms with van der Waals surface area (Å²) in [6.45, 7) is 7.44. The third-order valence-corrected chi connectivity index (χ3v) is 1.80. The molecule has 0 saturated heterocycles. The summed E-state index contributed by atoms with van der Waals surface area (Å²) in [5.74, 6) is -0.334. The Labute approximate surface area is 86.1 Å². The van der Waals surface area contributed by atoms with E-state index < -0.39 is 0 Å². The van der Waals surface area contributed by atoms with Gasteiger partial charge in [-0.05, 0) is 26.2 Å². The highest BCUT2D eigenvalue weighted by Gasteiger charge is 1.94. The van der Waals surface area contributed by atoms with Gasteiger partial charge in [0.1, 0.15) is 0 Å². The van der Waals surface area contributed by atoms with E-state index in [9.17, 15) is 4.79 Å². The van der Waals surface area contributed by atoms with Crippen molar-refractivity contribution in [3.63, 3.8) is 0 Å². The van der Waals surface area contributed by atoms with Crippen LogP contribution < -0.4 is 0 Å². The smallest absolute Gasteiger partial charge is 0.330 e. The van der Waals surface area contributed by atoms with Crippen molar-refractivity contribution in [2.75, 3.05) is 19.8 Å². The summed E-state index contributed by atoms with van der Waals surface area (Å²) in [5.41, 5.74) is 0. The third kappa shape index (κ3) is 9.26. The highest BCUT2D eigenvalue weighted by Crippen LogP contribution is 2.00. The Morgan fingerprint density at radius 3 is 2.43 bits per heavy atom. The fourth-order valence-corrected chi connectivity index (χ4v) is 1.04. The SMILES string of the molecule is C=CC(=O)OCCCCCCOCC. The molecule has 82 valence electrons. The van der Waals surface area contributed by atoms with Crippen molar-refractivity contribution in [2.24, 2.45) is 0 Å². The lowest BCUT2D eigenvalue weighted by molar-refractivity contribution is -0.137. The molecule has 0 aromatic heterocycles. The largest absolute Gasteiger partial charge is 0.463 e. The Morgan fingerprint density at radius 2 is 1.86 bits per heavy atom. The molecular formula is C11H20O3. The van der Waals surface area contributed by atoms with Gasteiger partial charge in [-0.3, -0.25) is 0 Å². The molecule has 0 saturated carbocycles. The highest BCUT2D eigenvalue weighted by atomic mass is 16.5. The number of carbonyl (C=O) groups is 1. The molecule has 0 aliphatic carbocycles. The first-order valence-electron chi connectivity index (χ1n) is 5.18. The zero-order valence-electron chi connectivity index (χ0n) is 8.96. The van der Waals surface area contributed by atoms with E-state index in [0.29, 0.717) is 6.61 Å². The van der Waals surface area contributed by atoms with E-state index in [4.69, 9.17) is 9.47 Å². The van der Waals surface area contributed by atoms with E-state index >= 15 is 0 Å². The summed E-state index contributed by atoms with van der Waals surface area (Å²) in [5, 5.41) is 0. The van der Waals surface area contributed by atoms with E-state index in [-0.39, 0.29) is 5.97 Å². The van der Waals surface area contributed by atoms with Crippen LogP contribution in [0, 0.1) is 0 Å². The van der Waals surface area contributed by atoms with E-state index in [1.165, 1.54) is 6.08 Å². The molecule has 0 spiro atoms. The van der Waals surface area contributed by atoms with Gasteiger partial charge in [0.25, 0.3) is 0 Å².